The van der Waals surface area contributed by atoms with Crippen LogP contribution in [-0.2, 0) is 12.8 Å². The van der Waals surface area contributed by atoms with E-state index in [1.165, 1.54) is 59.9 Å². The molecule has 2 nitrogen and oxygen atoms in total. The molecule has 0 radical (unpaired) electrons. The monoisotopic (exact) mass is 414 g/mol. The predicted molar refractivity (Wildman–Crippen MR) is 133 cm³/mol. The molecule has 0 aliphatic carbocycles. The number of nitrogens with zero attached hydrogens (tertiary/aromatic N) is 2. The fourth-order valence-electron chi connectivity index (χ4n) is 3.85. The molecule has 0 aromatic heterocycles. The predicted octanol–water partition coefficient (Wildman–Crippen LogP) is 8.21. The summed E-state index contributed by atoms with van der Waals surface area (Å²) in [4.78, 5) is 3.22. The second kappa shape index (κ2) is 14.4. The molecule has 0 atom stereocenters. The summed E-state index contributed by atoms with van der Waals surface area (Å²) in [5, 5.41) is 0. The van der Waals surface area contributed by atoms with Gasteiger partial charge in [0.25, 0.3) is 0 Å². The van der Waals surface area contributed by atoms with Crippen molar-refractivity contribution in [3.63, 3.8) is 0 Å². The van der Waals surface area contributed by atoms with Crippen LogP contribution in [0.5, 0.6) is 0 Å². The maximum atomic E-state index is 9.16. The summed E-state index contributed by atoms with van der Waals surface area (Å²) in [6.45, 7) is 6.66. The Morgan fingerprint density at radius 1 is 0.806 bits per heavy atom. The van der Waals surface area contributed by atoms with Gasteiger partial charge in [-0.05, 0) is 72.4 Å². The number of hydrogen-bond acceptors (Lipinski definition) is 0. The summed E-state index contributed by atoms with van der Waals surface area (Å²) in [5.74, 6) is 2.81. The number of hydrogen-bond donors (Lipinski definition) is 0. The molecule has 164 valence electrons. The van der Waals surface area contributed by atoms with E-state index in [1.807, 2.05) is 0 Å². The highest BCUT2D eigenvalue weighted by Gasteiger charge is 2.10. The third kappa shape index (κ3) is 8.54. The fourth-order valence-corrected chi connectivity index (χ4v) is 3.85. The van der Waals surface area contributed by atoms with Crippen LogP contribution in [0.2, 0.25) is 0 Å². The van der Waals surface area contributed by atoms with Crippen LogP contribution in [0.3, 0.4) is 0 Å². The van der Waals surface area contributed by atoms with Gasteiger partial charge in [0.1, 0.15) is 0 Å². The van der Waals surface area contributed by atoms with Gasteiger partial charge >= 0.3 is 5.87 Å². The molecule has 0 bridgehead atoms. The van der Waals surface area contributed by atoms with Gasteiger partial charge in [0, 0.05) is 0 Å². The second-order valence-corrected chi connectivity index (χ2v) is 8.36. The molecule has 2 aromatic carbocycles. The Labute approximate surface area is 189 Å². The summed E-state index contributed by atoms with van der Waals surface area (Å²) in [5.41, 5.74) is 16.5. The summed E-state index contributed by atoms with van der Waals surface area (Å²) in [7, 11) is 0. The summed E-state index contributed by atoms with van der Waals surface area (Å²) >= 11 is 0. The Morgan fingerprint density at radius 2 is 1.39 bits per heavy atom. The van der Waals surface area contributed by atoms with Crippen molar-refractivity contribution in [3.05, 3.63) is 88.0 Å². The molecule has 0 spiro atoms. The van der Waals surface area contributed by atoms with Crippen molar-refractivity contribution in [1.82, 2.24) is 0 Å². The highest BCUT2D eigenvalue weighted by molar-refractivity contribution is 5.83. The van der Waals surface area contributed by atoms with Gasteiger partial charge in [0.15, 0.2) is 0 Å². The molecule has 2 heteroatoms. The highest BCUT2D eigenvalue weighted by Crippen LogP contribution is 2.28. The quantitative estimate of drug-likeness (QED) is 0.104. The van der Waals surface area contributed by atoms with Crippen molar-refractivity contribution in [1.29, 1.82) is 0 Å². The number of rotatable bonds is 13. The largest absolute Gasteiger partial charge is 0.348 e. The van der Waals surface area contributed by atoms with Crippen molar-refractivity contribution in [2.75, 3.05) is 0 Å². The van der Waals surface area contributed by atoms with Crippen LogP contribution in [-0.4, -0.2) is 10.7 Å². The van der Waals surface area contributed by atoms with E-state index in [0.717, 1.165) is 37.7 Å². The van der Waals surface area contributed by atoms with Crippen LogP contribution in [0.1, 0.15) is 94.4 Å². The second-order valence-electron chi connectivity index (χ2n) is 8.36. The normalized spacial score (nSPS) is 11.1. The zero-order chi connectivity index (χ0) is 22.3. The van der Waals surface area contributed by atoms with Crippen molar-refractivity contribution >= 4 is 11.4 Å². The van der Waals surface area contributed by atoms with E-state index in [4.69, 9.17) is 5.53 Å². The average molecular weight is 415 g/mol. The van der Waals surface area contributed by atoms with Crippen LogP contribution >= 0.6 is 0 Å². The highest BCUT2D eigenvalue weighted by atomic mass is 14.8. The van der Waals surface area contributed by atoms with Gasteiger partial charge in [-0.15, -0.1) is 4.79 Å². The molecule has 0 amide bonds. The van der Waals surface area contributed by atoms with Crippen LogP contribution in [0.25, 0.3) is 11.1 Å². The number of unbranched alkanes of at least 4 members (excludes halogenated alkanes) is 4. The Bertz CT molecular complexity index is 925. The minimum absolute atomic E-state index is 0.857. The third-order valence-electron chi connectivity index (χ3n) is 5.68. The van der Waals surface area contributed by atoms with E-state index in [-0.39, 0.29) is 0 Å². The van der Waals surface area contributed by atoms with Crippen LogP contribution in [0.4, 0.5) is 0 Å². The Balaban J connectivity index is 2.51. The van der Waals surface area contributed by atoms with E-state index in [0.29, 0.717) is 0 Å². The zero-order valence-electron chi connectivity index (χ0n) is 19.7. The first-order chi connectivity index (χ1) is 15.2. The van der Waals surface area contributed by atoms with E-state index >= 15 is 0 Å². The molecule has 0 saturated heterocycles. The molecule has 0 aliphatic rings. The number of allylic oxidation sites excluding steroid dienone is 2. The minimum Gasteiger partial charge on any atom is -0.348 e. The van der Waals surface area contributed by atoms with E-state index < -0.39 is 0 Å². The van der Waals surface area contributed by atoms with E-state index in [2.05, 4.69) is 86.0 Å². The molecule has 0 unspecified atom stereocenters. The molecule has 0 N–H and O–H groups in total. The van der Waals surface area contributed by atoms with Crippen LogP contribution in [0, 0.1) is 0 Å². The lowest BCUT2D eigenvalue weighted by Gasteiger charge is -2.13. The van der Waals surface area contributed by atoms with Crippen molar-refractivity contribution in [3.8, 4) is 0 Å². The van der Waals surface area contributed by atoms with Crippen LogP contribution < -0.4 is 0 Å². The van der Waals surface area contributed by atoms with Gasteiger partial charge in [0.05, 0.1) is 5.57 Å². The van der Waals surface area contributed by atoms with Crippen molar-refractivity contribution in [2.24, 2.45) is 0 Å². The number of benzene rings is 2. The SMILES string of the molecule is CCCCCc1cccc(C(=CC(=C=[N+]=[N-])CCCC)c2cccc(CCCC)c2)c1. The maximum absolute atomic E-state index is 9.16. The molecular formula is C29H38N2. The van der Waals surface area contributed by atoms with E-state index in [9.17, 15) is 0 Å². The topological polar surface area (TPSA) is 36.4 Å². The molecule has 0 heterocycles. The molecular weight excluding hydrogens is 376 g/mol. The first-order valence-electron chi connectivity index (χ1n) is 12.1. The van der Waals surface area contributed by atoms with Crippen molar-refractivity contribution in [2.45, 2.75) is 85.0 Å². The van der Waals surface area contributed by atoms with E-state index in [1.54, 1.807) is 0 Å². The fraction of sp³-hybridized carbons (Fsp3) is 0.448. The summed E-state index contributed by atoms with van der Waals surface area (Å²) in [6, 6.07) is 17.8. The van der Waals surface area contributed by atoms with Gasteiger partial charge in [-0.25, -0.2) is 0 Å². The molecule has 0 saturated carbocycles. The summed E-state index contributed by atoms with van der Waals surface area (Å²) in [6.07, 6.45) is 13.5. The number of aryl methyl sites for hydroxylation is 2. The smallest absolute Gasteiger partial charge is 0.303 e. The molecule has 31 heavy (non-hydrogen) atoms. The molecule has 0 aliphatic heterocycles. The third-order valence-corrected chi connectivity index (χ3v) is 5.68. The summed E-state index contributed by atoms with van der Waals surface area (Å²) < 4.78 is 0. The van der Waals surface area contributed by atoms with Gasteiger partial charge < -0.3 is 5.53 Å². The van der Waals surface area contributed by atoms with Gasteiger partial charge in [0.2, 0.25) is 0 Å². The Morgan fingerprint density at radius 3 is 1.94 bits per heavy atom. The van der Waals surface area contributed by atoms with Crippen molar-refractivity contribution < 1.29 is 4.79 Å². The standard InChI is InChI=1S/C29H38N2/c1-4-7-10-15-25-17-12-19-28(21-25)29(22-26(23-31-30)14-9-6-3)27-18-11-16-24(20-27)13-8-5-2/h11-12,16-22H,4-10,13-15H2,1-3H3. The van der Waals surface area contributed by atoms with Gasteiger partial charge in [-0.1, -0.05) is 95.0 Å². The van der Waals surface area contributed by atoms with Crippen LogP contribution in [0.15, 0.2) is 60.2 Å². The minimum atomic E-state index is 0.857. The average Bonchev–Trinajstić information content (AvgIpc) is 2.80. The van der Waals surface area contributed by atoms with Gasteiger partial charge in [-0.2, -0.15) is 0 Å². The molecule has 0 fully saturated rings. The molecule has 2 rings (SSSR count). The Hall–Kier alpha value is -2.66. The first kappa shape index (κ1) is 24.6. The first-order valence-corrected chi connectivity index (χ1v) is 12.1. The lowest BCUT2D eigenvalue weighted by molar-refractivity contribution is 0.00746. The molecule has 2 aromatic rings. The lowest BCUT2D eigenvalue weighted by Crippen LogP contribution is -1.95. The zero-order valence-corrected chi connectivity index (χ0v) is 19.7. The Kier molecular flexibility index (Phi) is 11.4. The lowest BCUT2D eigenvalue weighted by atomic mass is 9.91. The maximum Gasteiger partial charge on any atom is 0.303 e. The van der Waals surface area contributed by atoms with Gasteiger partial charge in [-0.3, -0.25) is 0 Å².